The molecule has 0 aliphatic heterocycles. The summed E-state index contributed by atoms with van der Waals surface area (Å²) in [5, 5.41) is 14.4. The predicted octanol–water partition coefficient (Wildman–Crippen LogP) is 2.78. The van der Waals surface area contributed by atoms with E-state index in [0.717, 1.165) is 17.0 Å². The summed E-state index contributed by atoms with van der Waals surface area (Å²) < 4.78 is 1.96. The van der Waals surface area contributed by atoms with Gasteiger partial charge < -0.3 is 10.0 Å². The number of amides is 1. The van der Waals surface area contributed by atoms with Crippen molar-refractivity contribution < 1.29 is 9.90 Å². The van der Waals surface area contributed by atoms with Crippen molar-refractivity contribution in [3.05, 3.63) is 52.8 Å². The third-order valence-corrected chi connectivity index (χ3v) is 3.88. The zero-order valence-corrected chi connectivity index (χ0v) is 15.2. The smallest absolute Gasteiger partial charge is 0.253 e. The molecule has 130 valence electrons. The maximum Gasteiger partial charge on any atom is 0.253 e. The van der Waals surface area contributed by atoms with Crippen LogP contribution >= 0.6 is 0 Å². The van der Waals surface area contributed by atoms with Gasteiger partial charge in [0, 0.05) is 24.3 Å². The summed E-state index contributed by atoms with van der Waals surface area (Å²) in [5.41, 5.74) is 2.96. The normalized spacial score (nSPS) is 11.6. The molecule has 2 rings (SSSR count). The third kappa shape index (κ3) is 4.68. The van der Waals surface area contributed by atoms with E-state index in [1.54, 1.807) is 18.7 Å². The molecule has 5 nitrogen and oxygen atoms in total. The van der Waals surface area contributed by atoms with E-state index in [1.165, 1.54) is 0 Å². The van der Waals surface area contributed by atoms with Crippen molar-refractivity contribution in [1.82, 2.24) is 14.7 Å². The average molecular weight is 329 g/mol. The van der Waals surface area contributed by atoms with Gasteiger partial charge in [-0.05, 0) is 58.4 Å². The van der Waals surface area contributed by atoms with E-state index >= 15 is 0 Å². The minimum absolute atomic E-state index is 0.0581. The van der Waals surface area contributed by atoms with Crippen LogP contribution < -0.4 is 0 Å². The topological polar surface area (TPSA) is 58.4 Å². The Morgan fingerprint density at radius 3 is 2.33 bits per heavy atom. The molecule has 1 aromatic heterocycles. The van der Waals surface area contributed by atoms with E-state index in [1.807, 2.05) is 55.8 Å². The molecule has 0 radical (unpaired) electrons. The number of aryl methyl sites for hydroxylation is 2. The Balaban J connectivity index is 2.10. The van der Waals surface area contributed by atoms with E-state index in [2.05, 4.69) is 5.10 Å². The summed E-state index contributed by atoms with van der Waals surface area (Å²) in [6.07, 6.45) is 0. The Kier molecular flexibility index (Phi) is 5.44. The number of nitrogens with zero attached hydrogens (tertiary/aromatic N) is 3. The molecule has 0 bridgehead atoms. The molecule has 0 saturated heterocycles. The van der Waals surface area contributed by atoms with Crippen LogP contribution in [0.4, 0.5) is 0 Å². The second kappa shape index (κ2) is 7.18. The van der Waals surface area contributed by atoms with Gasteiger partial charge in [-0.1, -0.05) is 12.1 Å². The molecule has 0 saturated carbocycles. The van der Waals surface area contributed by atoms with Gasteiger partial charge in [0.05, 0.1) is 17.8 Å². The van der Waals surface area contributed by atoms with Crippen LogP contribution in [0.25, 0.3) is 0 Å². The first-order valence-electron chi connectivity index (χ1n) is 8.31. The van der Waals surface area contributed by atoms with Crippen molar-refractivity contribution in [2.45, 2.75) is 46.8 Å². The van der Waals surface area contributed by atoms with Gasteiger partial charge in [0.2, 0.25) is 0 Å². The van der Waals surface area contributed by atoms with Crippen LogP contribution in [-0.2, 0) is 6.54 Å². The van der Waals surface area contributed by atoms with Crippen LogP contribution in [0.3, 0.4) is 0 Å². The molecule has 1 aromatic carbocycles. The Hall–Kier alpha value is -2.14. The average Bonchev–Trinajstić information content (AvgIpc) is 2.81. The van der Waals surface area contributed by atoms with Crippen molar-refractivity contribution in [3.63, 3.8) is 0 Å². The van der Waals surface area contributed by atoms with Crippen LogP contribution in [-0.4, -0.2) is 44.4 Å². The summed E-state index contributed by atoms with van der Waals surface area (Å²) in [5.74, 6) is -0.0581. The molecule has 0 atom stereocenters. The SMILES string of the molecule is CCN(CC(C)(C)O)C(=O)c1ccc(Cn2nc(C)cc2C)cc1. The monoisotopic (exact) mass is 329 g/mol. The standard InChI is InChI=1S/C19H27N3O2/c1-6-21(13-19(4,5)24)18(23)17-9-7-16(8-10-17)12-22-15(3)11-14(2)20-22/h7-11,24H,6,12-13H2,1-5H3. The van der Waals surface area contributed by atoms with Crippen molar-refractivity contribution in [2.24, 2.45) is 0 Å². The molecule has 1 N–H and O–H groups in total. The molecule has 5 heteroatoms. The summed E-state index contributed by atoms with van der Waals surface area (Å²) in [4.78, 5) is 14.2. The molecule has 0 fully saturated rings. The molecule has 1 heterocycles. The first-order valence-corrected chi connectivity index (χ1v) is 8.31. The lowest BCUT2D eigenvalue weighted by molar-refractivity contribution is 0.0314. The van der Waals surface area contributed by atoms with Crippen molar-refractivity contribution in [1.29, 1.82) is 0 Å². The lowest BCUT2D eigenvalue weighted by atomic mass is 10.1. The molecule has 0 unspecified atom stereocenters. The van der Waals surface area contributed by atoms with Crippen LogP contribution in [0.1, 0.15) is 48.1 Å². The molecule has 0 aliphatic rings. The fourth-order valence-electron chi connectivity index (χ4n) is 2.74. The number of aliphatic hydroxyl groups is 1. The highest BCUT2D eigenvalue weighted by molar-refractivity contribution is 5.94. The zero-order chi connectivity index (χ0) is 17.9. The molecule has 2 aromatic rings. The second-order valence-electron chi connectivity index (χ2n) is 6.91. The number of carbonyl (C=O) groups is 1. The number of aromatic nitrogens is 2. The van der Waals surface area contributed by atoms with Gasteiger partial charge in [0.25, 0.3) is 5.91 Å². The minimum atomic E-state index is -0.902. The Labute approximate surface area is 143 Å². The minimum Gasteiger partial charge on any atom is -0.389 e. The van der Waals surface area contributed by atoms with E-state index in [9.17, 15) is 9.90 Å². The summed E-state index contributed by atoms with van der Waals surface area (Å²) in [7, 11) is 0. The van der Waals surface area contributed by atoms with Crippen LogP contribution in [0, 0.1) is 13.8 Å². The van der Waals surface area contributed by atoms with Crippen LogP contribution in [0.5, 0.6) is 0 Å². The van der Waals surface area contributed by atoms with Crippen molar-refractivity contribution in [2.75, 3.05) is 13.1 Å². The van der Waals surface area contributed by atoms with E-state index in [4.69, 9.17) is 0 Å². The van der Waals surface area contributed by atoms with Crippen LogP contribution in [0.2, 0.25) is 0 Å². The first-order chi connectivity index (χ1) is 11.2. The highest BCUT2D eigenvalue weighted by Gasteiger charge is 2.22. The molecule has 0 aliphatic carbocycles. The summed E-state index contributed by atoms with van der Waals surface area (Å²) in [6, 6.07) is 9.66. The predicted molar refractivity (Wildman–Crippen MR) is 95.1 cm³/mol. The Morgan fingerprint density at radius 2 is 1.88 bits per heavy atom. The molecule has 1 amide bonds. The zero-order valence-electron chi connectivity index (χ0n) is 15.2. The maximum absolute atomic E-state index is 12.6. The van der Waals surface area contributed by atoms with Crippen LogP contribution in [0.15, 0.2) is 30.3 Å². The van der Waals surface area contributed by atoms with Gasteiger partial charge in [0.15, 0.2) is 0 Å². The Bertz CT molecular complexity index is 696. The first kappa shape index (κ1) is 18.2. The highest BCUT2D eigenvalue weighted by Crippen LogP contribution is 2.13. The molecule has 0 spiro atoms. The van der Waals surface area contributed by atoms with E-state index in [0.29, 0.717) is 25.2 Å². The fourth-order valence-corrected chi connectivity index (χ4v) is 2.74. The number of hydrogen-bond acceptors (Lipinski definition) is 3. The number of benzene rings is 1. The van der Waals surface area contributed by atoms with Gasteiger partial charge in [-0.15, -0.1) is 0 Å². The largest absolute Gasteiger partial charge is 0.389 e. The van der Waals surface area contributed by atoms with Gasteiger partial charge in [-0.25, -0.2) is 0 Å². The summed E-state index contributed by atoms with van der Waals surface area (Å²) >= 11 is 0. The lowest BCUT2D eigenvalue weighted by Gasteiger charge is -2.28. The van der Waals surface area contributed by atoms with E-state index < -0.39 is 5.60 Å². The van der Waals surface area contributed by atoms with Gasteiger partial charge in [0.1, 0.15) is 0 Å². The number of likely N-dealkylation sites (N-methyl/N-ethyl adjacent to an activating group) is 1. The van der Waals surface area contributed by atoms with Crippen molar-refractivity contribution in [3.8, 4) is 0 Å². The molecule has 24 heavy (non-hydrogen) atoms. The number of carbonyl (C=O) groups excluding carboxylic acids is 1. The highest BCUT2D eigenvalue weighted by atomic mass is 16.3. The maximum atomic E-state index is 12.6. The number of hydrogen-bond donors (Lipinski definition) is 1. The Morgan fingerprint density at radius 1 is 1.25 bits per heavy atom. The second-order valence-corrected chi connectivity index (χ2v) is 6.91. The fraction of sp³-hybridized carbons (Fsp3) is 0.474. The van der Waals surface area contributed by atoms with Gasteiger partial charge in [-0.3, -0.25) is 9.48 Å². The van der Waals surface area contributed by atoms with Gasteiger partial charge >= 0.3 is 0 Å². The van der Waals surface area contributed by atoms with Gasteiger partial charge in [-0.2, -0.15) is 5.10 Å². The third-order valence-electron chi connectivity index (χ3n) is 3.88. The van der Waals surface area contributed by atoms with Crippen molar-refractivity contribution >= 4 is 5.91 Å². The summed E-state index contributed by atoms with van der Waals surface area (Å²) in [6.45, 7) is 10.9. The molecular formula is C19H27N3O2. The number of rotatable bonds is 6. The lowest BCUT2D eigenvalue weighted by Crippen LogP contribution is -2.42. The molecular weight excluding hydrogens is 302 g/mol. The van der Waals surface area contributed by atoms with E-state index in [-0.39, 0.29) is 5.91 Å². The quantitative estimate of drug-likeness (QED) is 0.886.